The van der Waals surface area contributed by atoms with Crippen molar-refractivity contribution in [3.8, 4) is 22.3 Å². The first-order valence-corrected chi connectivity index (χ1v) is 15.4. The third-order valence-electron chi connectivity index (χ3n) is 7.68. The summed E-state index contributed by atoms with van der Waals surface area (Å²) < 4.78 is 9.42. The van der Waals surface area contributed by atoms with Gasteiger partial charge >= 0.3 is 5.97 Å². The van der Waals surface area contributed by atoms with E-state index >= 15 is 0 Å². The molecule has 0 N–H and O–H groups in total. The molecule has 5 rings (SSSR count). The molecule has 0 radical (unpaired) electrons. The number of aromatic nitrogens is 2. The highest BCUT2D eigenvalue weighted by Gasteiger charge is 2.14. The highest BCUT2D eigenvalue weighted by Crippen LogP contribution is 2.36. The van der Waals surface area contributed by atoms with Crippen molar-refractivity contribution in [3.63, 3.8) is 0 Å². The van der Waals surface area contributed by atoms with Gasteiger partial charge in [-0.15, -0.1) is 0 Å². The third-order valence-corrected chi connectivity index (χ3v) is 7.68. The Hall–Kier alpha value is -5.03. The predicted molar refractivity (Wildman–Crippen MR) is 178 cm³/mol. The highest BCUT2D eigenvalue weighted by atomic mass is 16.5. The van der Waals surface area contributed by atoms with Crippen molar-refractivity contribution in [1.82, 2.24) is 0 Å². The van der Waals surface area contributed by atoms with Crippen LogP contribution in [-0.2, 0) is 23.6 Å². The van der Waals surface area contributed by atoms with Crippen LogP contribution in [0.25, 0.3) is 28.3 Å². The van der Waals surface area contributed by atoms with Gasteiger partial charge in [-0.05, 0) is 76.7 Å². The van der Waals surface area contributed by atoms with Crippen molar-refractivity contribution in [3.05, 3.63) is 133 Å². The van der Waals surface area contributed by atoms with Crippen molar-refractivity contribution in [2.45, 2.75) is 32.6 Å². The molecule has 222 valence electrons. The van der Waals surface area contributed by atoms with Gasteiger partial charge in [0.25, 0.3) is 0 Å². The maximum Gasteiger partial charge on any atom is 0.330 e. The van der Waals surface area contributed by atoms with Crippen LogP contribution in [0.15, 0.2) is 128 Å². The van der Waals surface area contributed by atoms with Gasteiger partial charge in [0.15, 0.2) is 24.8 Å². The molecule has 0 aliphatic rings. The van der Waals surface area contributed by atoms with Crippen LogP contribution in [0.3, 0.4) is 0 Å². The molecule has 5 nitrogen and oxygen atoms in total. The fourth-order valence-corrected chi connectivity index (χ4v) is 5.09. The van der Waals surface area contributed by atoms with E-state index < -0.39 is 0 Å². The van der Waals surface area contributed by atoms with E-state index in [0.717, 1.165) is 41.9 Å². The smallest absolute Gasteiger partial charge is 0.330 e. The molecule has 5 heteroatoms. The first kappa shape index (κ1) is 30.4. The van der Waals surface area contributed by atoms with Crippen LogP contribution in [0.1, 0.15) is 38.2 Å². The molecular formula is C39H41N3O2+2. The lowest BCUT2D eigenvalue weighted by molar-refractivity contribution is -0.671. The highest BCUT2D eigenvalue weighted by molar-refractivity contribution is 5.87. The minimum atomic E-state index is -0.299. The summed E-state index contributed by atoms with van der Waals surface area (Å²) in [5, 5.41) is 0. The fraction of sp³-hybridized carbons (Fsp3) is 0.205. The zero-order valence-corrected chi connectivity index (χ0v) is 25.9. The van der Waals surface area contributed by atoms with Crippen molar-refractivity contribution in [2.24, 2.45) is 14.1 Å². The molecule has 2 aromatic heterocycles. The molecule has 0 aliphatic heterocycles. The van der Waals surface area contributed by atoms with Gasteiger partial charge in [-0.1, -0.05) is 62.6 Å². The van der Waals surface area contributed by atoms with Crippen LogP contribution in [0.2, 0.25) is 0 Å². The molecule has 2 heterocycles. The number of anilines is 3. The number of esters is 1. The van der Waals surface area contributed by atoms with Crippen LogP contribution in [-0.4, -0.2) is 12.6 Å². The molecule has 5 aromatic rings. The van der Waals surface area contributed by atoms with E-state index in [4.69, 9.17) is 4.74 Å². The first-order chi connectivity index (χ1) is 21.5. The van der Waals surface area contributed by atoms with E-state index in [1.165, 1.54) is 34.8 Å². The summed E-state index contributed by atoms with van der Waals surface area (Å²) in [6.45, 7) is 2.64. The monoisotopic (exact) mass is 583 g/mol. The predicted octanol–water partition coefficient (Wildman–Crippen LogP) is 8.28. The Labute approximate surface area is 261 Å². The van der Waals surface area contributed by atoms with Crippen LogP contribution < -0.4 is 14.0 Å². The van der Waals surface area contributed by atoms with Crippen molar-refractivity contribution >= 4 is 29.1 Å². The second-order valence-electron chi connectivity index (χ2n) is 11.1. The Morgan fingerprint density at radius 1 is 0.614 bits per heavy atom. The van der Waals surface area contributed by atoms with Crippen molar-refractivity contribution in [2.75, 3.05) is 11.5 Å². The largest absolute Gasteiger partial charge is 0.463 e. The third kappa shape index (κ3) is 8.07. The Bertz CT molecular complexity index is 1570. The molecule has 0 bridgehead atoms. The van der Waals surface area contributed by atoms with Gasteiger partial charge < -0.3 is 9.64 Å². The van der Waals surface area contributed by atoms with Gasteiger partial charge in [-0.25, -0.2) is 13.9 Å². The summed E-state index contributed by atoms with van der Waals surface area (Å²) in [6, 6.07) is 34.1. The first-order valence-electron chi connectivity index (χ1n) is 15.4. The lowest BCUT2D eigenvalue weighted by Crippen LogP contribution is -2.25. The number of unbranched alkanes of at least 4 members (excludes halogenated alkanes) is 3. The Morgan fingerprint density at radius 3 is 1.50 bits per heavy atom. The summed E-state index contributed by atoms with van der Waals surface area (Å²) in [7, 11) is 4.05. The second-order valence-corrected chi connectivity index (χ2v) is 11.1. The topological polar surface area (TPSA) is 37.3 Å². The quantitative estimate of drug-likeness (QED) is 0.0642. The van der Waals surface area contributed by atoms with Gasteiger partial charge in [0.05, 0.1) is 6.61 Å². The summed E-state index contributed by atoms with van der Waals surface area (Å²) in [5.74, 6) is -0.299. The molecule has 0 amide bonds. The number of carbonyl (C=O) groups is 1. The number of nitrogens with zero attached hydrogens (tertiary/aromatic N) is 3. The van der Waals surface area contributed by atoms with E-state index in [2.05, 4.69) is 122 Å². The van der Waals surface area contributed by atoms with E-state index in [1.807, 2.05) is 41.4 Å². The zero-order chi connectivity index (χ0) is 30.7. The minimum absolute atomic E-state index is 0.299. The van der Waals surface area contributed by atoms with Crippen LogP contribution in [0, 0.1) is 0 Å². The molecular weight excluding hydrogens is 542 g/mol. The molecule has 0 saturated carbocycles. The molecule has 0 spiro atoms. The van der Waals surface area contributed by atoms with Gasteiger partial charge in [0.1, 0.15) is 14.1 Å². The lowest BCUT2D eigenvalue weighted by atomic mass is 10.0. The summed E-state index contributed by atoms with van der Waals surface area (Å²) in [4.78, 5) is 14.4. The maximum absolute atomic E-state index is 12.2. The number of ether oxygens (including phenoxy) is 1. The number of aryl methyl sites for hydroxylation is 2. The average Bonchev–Trinajstić information content (AvgIpc) is 3.06. The molecule has 0 unspecified atom stereocenters. The summed E-state index contributed by atoms with van der Waals surface area (Å²) in [6.07, 6.45) is 15.9. The lowest BCUT2D eigenvalue weighted by Gasteiger charge is -2.26. The van der Waals surface area contributed by atoms with Crippen LogP contribution >= 0.6 is 0 Å². The average molecular weight is 584 g/mol. The number of hydrogen-bond donors (Lipinski definition) is 0. The van der Waals surface area contributed by atoms with Gasteiger partial charge in [0.2, 0.25) is 0 Å². The SMILES string of the molecule is CCCCCCOC(=O)/C=C/c1ccc(N(c2ccc(-c3cc[n+](C)cc3)cc2)c2ccc(-c3cc[n+](C)cc3)cc2)cc1. The number of pyridine rings is 2. The number of carbonyl (C=O) groups excluding carboxylic acids is 1. The zero-order valence-electron chi connectivity index (χ0n) is 25.9. The minimum Gasteiger partial charge on any atom is -0.463 e. The Kier molecular flexibility index (Phi) is 10.3. The number of rotatable bonds is 12. The van der Waals surface area contributed by atoms with Crippen molar-refractivity contribution < 1.29 is 18.7 Å². The number of benzene rings is 3. The van der Waals surface area contributed by atoms with E-state index in [0.29, 0.717) is 6.61 Å². The molecule has 0 fully saturated rings. The molecule has 0 aliphatic carbocycles. The van der Waals surface area contributed by atoms with Crippen LogP contribution in [0.5, 0.6) is 0 Å². The molecule has 3 aromatic carbocycles. The Balaban J connectivity index is 1.39. The standard InChI is InChI=1S/C39H41N3O2/c1-4-5-6-7-30-44-39(43)21-10-31-8-15-36(16-9-31)42(37-17-11-32(12-18-37)34-22-26-40(2)27-23-34)38-19-13-33(14-20-38)35-24-28-41(3)29-25-35/h8-29H,4-7,30H2,1-3H3/q+2/b21-10+. The van der Waals surface area contributed by atoms with Crippen LogP contribution in [0.4, 0.5) is 17.1 Å². The fourth-order valence-electron chi connectivity index (χ4n) is 5.09. The van der Waals surface area contributed by atoms with E-state index in [9.17, 15) is 4.79 Å². The maximum atomic E-state index is 12.2. The molecule has 0 saturated heterocycles. The second kappa shape index (κ2) is 14.9. The van der Waals surface area contributed by atoms with E-state index in [-0.39, 0.29) is 5.97 Å². The normalized spacial score (nSPS) is 11.1. The summed E-state index contributed by atoms with van der Waals surface area (Å²) >= 11 is 0. The van der Waals surface area contributed by atoms with Crippen molar-refractivity contribution in [1.29, 1.82) is 0 Å². The Morgan fingerprint density at radius 2 is 1.05 bits per heavy atom. The summed E-state index contributed by atoms with van der Waals surface area (Å²) in [5.41, 5.74) is 8.78. The molecule has 0 atom stereocenters. The molecule has 44 heavy (non-hydrogen) atoms. The van der Waals surface area contributed by atoms with Gasteiger partial charge in [0, 0.05) is 47.4 Å². The van der Waals surface area contributed by atoms with E-state index in [1.54, 1.807) is 0 Å². The number of hydrogen-bond acceptors (Lipinski definition) is 3. The van der Waals surface area contributed by atoms with Gasteiger partial charge in [-0.3, -0.25) is 0 Å². The van der Waals surface area contributed by atoms with Gasteiger partial charge in [-0.2, -0.15) is 0 Å².